The fourth-order valence-electron chi connectivity index (χ4n) is 3.87. The minimum atomic E-state index is -4.74. The zero-order valence-corrected chi connectivity index (χ0v) is 17.4. The van der Waals surface area contributed by atoms with E-state index < -0.39 is 48.0 Å². The Morgan fingerprint density at radius 3 is 2.76 bits per heavy atom. The molecule has 1 aromatic carbocycles. The quantitative estimate of drug-likeness (QED) is 0.556. The highest BCUT2D eigenvalue weighted by Crippen LogP contribution is 2.38. The van der Waals surface area contributed by atoms with Gasteiger partial charge in [-0.3, -0.25) is 9.89 Å². The van der Waals surface area contributed by atoms with Gasteiger partial charge in [-0.2, -0.15) is 18.3 Å². The average molecular weight is 470 g/mol. The van der Waals surface area contributed by atoms with Crippen LogP contribution in [0.5, 0.6) is 0 Å². The Morgan fingerprint density at radius 1 is 1.27 bits per heavy atom. The van der Waals surface area contributed by atoms with Gasteiger partial charge in [-0.25, -0.2) is 9.18 Å². The number of alkyl halides is 3. The van der Waals surface area contributed by atoms with Gasteiger partial charge in [0.2, 0.25) is 0 Å². The number of alkyl carbamates (subject to hydrolysis) is 1. The van der Waals surface area contributed by atoms with Crippen LogP contribution in [0.2, 0.25) is 0 Å². The van der Waals surface area contributed by atoms with E-state index in [9.17, 15) is 27.2 Å². The highest BCUT2D eigenvalue weighted by Gasteiger charge is 2.36. The Kier molecular flexibility index (Phi) is 6.54. The molecule has 3 N–H and O–H groups in total. The summed E-state index contributed by atoms with van der Waals surface area (Å²) >= 11 is 0. The van der Waals surface area contributed by atoms with Crippen LogP contribution < -0.4 is 10.6 Å². The molecule has 178 valence electrons. The smallest absolute Gasteiger partial charge is 0.416 e. The van der Waals surface area contributed by atoms with E-state index in [1.54, 1.807) is 6.07 Å². The summed E-state index contributed by atoms with van der Waals surface area (Å²) in [6, 6.07) is 4.31. The molecular weight excluding hydrogens is 448 g/mol. The second-order valence-electron chi connectivity index (χ2n) is 8.01. The van der Waals surface area contributed by atoms with Crippen molar-refractivity contribution in [3.05, 3.63) is 46.9 Å². The number of rotatable bonds is 6. The molecule has 1 saturated carbocycles. The molecule has 8 nitrogen and oxygen atoms in total. The highest BCUT2D eigenvalue weighted by atomic mass is 19.4. The largest absolute Gasteiger partial charge is 0.446 e. The first-order chi connectivity index (χ1) is 15.7. The third-order valence-electron chi connectivity index (χ3n) is 5.70. The Bertz CT molecular complexity index is 1010. The maximum absolute atomic E-state index is 13.8. The second-order valence-corrected chi connectivity index (χ2v) is 8.01. The SMILES string of the molecule is O=C(NCc1c(F)cccc1C(F)(F)F)OC1CC(c2cc(NC(=O)[C@H]3CCCO3)[nH]n2)C1. The van der Waals surface area contributed by atoms with Gasteiger partial charge in [-0.15, -0.1) is 0 Å². The molecule has 2 aliphatic rings. The molecule has 4 rings (SSSR count). The summed E-state index contributed by atoms with van der Waals surface area (Å²) in [5.41, 5.74) is -1.10. The standard InChI is InChI=1S/C21H22F4N4O4/c22-15-4-1-3-14(21(23,24)25)13(15)10-26-20(31)33-12-7-11(8-12)16-9-18(29-28-16)27-19(30)17-5-2-6-32-17/h1,3-4,9,11-12,17H,2,5-8,10H2,(H,26,31)(H2,27,28,29,30)/t11?,12?,17-/m1/s1. The van der Waals surface area contributed by atoms with Crippen LogP contribution in [0.4, 0.5) is 28.2 Å². The number of hydrogen-bond donors (Lipinski definition) is 3. The molecule has 2 fully saturated rings. The van der Waals surface area contributed by atoms with E-state index in [0.717, 1.165) is 24.6 Å². The summed E-state index contributed by atoms with van der Waals surface area (Å²) in [4.78, 5) is 24.0. The van der Waals surface area contributed by atoms with E-state index in [-0.39, 0.29) is 11.8 Å². The minimum Gasteiger partial charge on any atom is -0.446 e. The molecule has 33 heavy (non-hydrogen) atoms. The van der Waals surface area contributed by atoms with E-state index in [2.05, 4.69) is 20.8 Å². The van der Waals surface area contributed by atoms with Crippen LogP contribution in [-0.2, 0) is 27.0 Å². The van der Waals surface area contributed by atoms with Gasteiger partial charge in [0.15, 0.2) is 0 Å². The van der Waals surface area contributed by atoms with E-state index in [0.29, 0.717) is 37.4 Å². The molecule has 1 aliphatic heterocycles. The second kappa shape index (κ2) is 9.38. The molecule has 1 aliphatic carbocycles. The van der Waals surface area contributed by atoms with Gasteiger partial charge in [0.05, 0.1) is 11.3 Å². The van der Waals surface area contributed by atoms with Crippen LogP contribution in [0.3, 0.4) is 0 Å². The lowest BCUT2D eigenvalue weighted by Crippen LogP contribution is -2.36. The Hall–Kier alpha value is -3.15. The molecule has 0 bridgehead atoms. The Balaban J connectivity index is 1.23. The van der Waals surface area contributed by atoms with Gasteiger partial charge in [-0.05, 0) is 37.8 Å². The van der Waals surface area contributed by atoms with Crippen LogP contribution in [-0.4, -0.2) is 41.0 Å². The van der Waals surface area contributed by atoms with Crippen molar-refractivity contribution in [1.29, 1.82) is 0 Å². The van der Waals surface area contributed by atoms with Crippen LogP contribution in [0.25, 0.3) is 0 Å². The van der Waals surface area contributed by atoms with Crippen molar-refractivity contribution in [3.8, 4) is 0 Å². The fraction of sp³-hybridized carbons (Fsp3) is 0.476. The third kappa shape index (κ3) is 5.44. The predicted molar refractivity (Wildman–Crippen MR) is 107 cm³/mol. The molecule has 1 aromatic heterocycles. The van der Waals surface area contributed by atoms with Gasteiger partial charge in [0.25, 0.3) is 5.91 Å². The van der Waals surface area contributed by atoms with E-state index >= 15 is 0 Å². The van der Waals surface area contributed by atoms with Gasteiger partial charge in [0, 0.05) is 30.7 Å². The summed E-state index contributed by atoms with van der Waals surface area (Å²) in [6.07, 6.45) is -4.14. The van der Waals surface area contributed by atoms with Gasteiger partial charge >= 0.3 is 12.3 Å². The molecule has 0 spiro atoms. The summed E-state index contributed by atoms with van der Waals surface area (Å²) in [5, 5.41) is 11.8. The van der Waals surface area contributed by atoms with Gasteiger partial charge < -0.3 is 20.1 Å². The van der Waals surface area contributed by atoms with Crippen molar-refractivity contribution in [2.75, 3.05) is 11.9 Å². The number of amides is 2. The zero-order chi connectivity index (χ0) is 23.6. The van der Waals surface area contributed by atoms with Gasteiger partial charge in [-0.1, -0.05) is 6.07 Å². The number of H-pyrrole nitrogens is 1. The molecule has 2 aromatic rings. The van der Waals surface area contributed by atoms with Crippen molar-refractivity contribution in [1.82, 2.24) is 15.5 Å². The summed E-state index contributed by atoms with van der Waals surface area (Å²) in [5.74, 6) is -0.860. The maximum atomic E-state index is 13.8. The number of hydrogen-bond acceptors (Lipinski definition) is 5. The van der Waals surface area contributed by atoms with E-state index in [4.69, 9.17) is 9.47 Å². The molecule has 2 heterocycles. The van der Waals surface area contributed by atoms with Crippen molar-refractivity contribution in [3.63, 3.8) is 0 Å². The number of ether oxygens (including phenoxy) is 2. The number of nitrogens with zero attached hydrogens (tertiary/aromatic N) is 1. The maximum Gasteiger partial charge on any atom is 0.416 e. The normalized spacial score (nSPS) is 22.5. The number of aromatic nitrogens is 2. The van der Waals surface area contributed by atoms with Crippen molar-refractivity contribution < 1.29 is 36.6 Å². The lowest BCUT2D eigenvalue weighted by molar-refractivity contribution is -0.138. The Labute approximate surface area is 186 Å². The molecule has 2 amide bonds. The van der Waals surface area contributed by atoms with Crippen molar-refractivity contribution in [2.24, 2.45) is 0 Å². The first-order valence-electron chi connectivity index (χ1n) is 10.5. The van der Waals surface area contributed by atoms with Crippen LogP contribution in [0, 0.1) is 5.82 Å². The number of nitrogens with one attached hydrogen (secondary N) is 3. The number of anilines is 1. The first kappa shape index (κ1) is 23.0. The molecule has 12 heteroatoms. The van der Waals surface area contributed by atoms with E-state index in [1.165, 1.54) is 0 Å². The molecule has 1 atom stereocenters. The number of aromatic amines is 1. The van der Waals surface area contributed by atoms with Crippen LogP contribution in [0.15, 0.2) is 24.3 Å². The summed E-state index contributed by atoms with van der Waals surface area (Å²) in [7, 11) is 0. The lowest BCUT2D eigenvalue weighted by atomic mass is 9.80. The molecular formula is C21H22F4N4O4. The first-order valence-corrected chi connectivity index (χ1v) is 10.5. The van der Waals surface area contributed by atoms with E-state index in [1.807, 2.05) is 0 Å². The van der Waals surface area contributed by atoms with Crippen molar-refractivity contribution in [2.45, 2.75) is 56.5 Å². The zero-order valence-electron chi connectivity index (χ0n) is 17.4. The third-order valence-corrected chi connectivity index (χ3v) is 5.70. The topological polar surface area (TPSA) is 105 Å². The van der Waals surface area contributed by atoms with Crippen LogP contribution >= 0.6 is 0 Å². The molecule has 0 radical (unpaired) electrons. The Morgan fingerprint density at radius 2 is 2.06 bits per heavy atom. The molecule has 1 saturated heterocycles. The summed E-state index contributed by atoms with van der Waals surface area (Å²) in [6.45, 7) is -0.0865. The predicted octanol–water partition coefficient (Wildman–Crippen LogP) is 3.86. The van der Waals surface area contributed by atoms with Crippen molar-refractivity contribution >= 4 is 17.8 Å². The lowest BCUT2D eigenvalue weighted by Gasteiger charge is -2.33. The van der Waals surface area contributed by atoms with Gasteiger partial charge in [0.1, 0.15) is 23.8 Å². The number of carbonyl (C=O) groups excluding carboxylic acids is 2. The van der Waals surface area contributed by atoms with Crippen LogP contribution in [0.1, 0.15) is 48.4 Å². The minimum absolute atomic E-state index is 0.00386. The number of carbonyl (C=O) groups is 2. The number of benzene rings is 1. The number of halogens is 4. The molecule has 0 unspecified atom stereocenters. The fourth-order valence-corrected chi connectivity index (χ4v) is 3.87. The average Bonchev–Trinajstić information content (AvgIpc) is 3.41. The highest BCUT2D eigenvalue weighted by molar-refractivity contribution is 5.93. The monoisotopic (exact) mass is 470 g/mol. The summed E-state index contributed by atoms with van der Waals surface area (Å²) < 4.78 is 63.5.